The standard InChI is InChI=1S/C45H28N4S/c1-2-13-30(14-3-1)43-46-44(48-45(47-43)37-20-12-19-36-35-18-7-11-24-41(35)50-42(36)37)31-27-25-29(26-28-31)32-15-4-8-21-38(32)49-39-22-9-5-16-33(39)34-17-6-10-23-40(34)49/h1-28H/i7D,11D,12D,18D,19D,20D,24D. The van der Waals surface area contributed by atoms with Crippen molar-refractivity contribution in [2.24, 2.45) is 0 Å². The van der Waals surface area contributed by atoms with E-state index < -0.39 is 6.04 Å². The summed E-state index contributed by atoms with van der Waals surface area (Å²) in [6.45, 7) is 0. The van der Waals surface area contributed by atoms with Gasteiger partial charge in [-0.25, -0.2) is 15.0 Å². The van der Waals surface area contributed by atoms with E-state index in [0.29, 0.717) is 27.5 Å². The van der Waals surface area contributed by atoms with Crippen LogP contribution in [0.3, 0.4) is 0 Å². The highest BCUT2D eigenvalue weighted by Crippen LogP contribution is 2.40. The van der Waals surface area contributed by atoms with Crippen molar-refractivity contribution in [1.82, 2.24) is 19.5 Å². The van der Waals surface area contributed by atoms with Gasteiger partial charge >= 0.3 is 0 Å². The Morgan fingerprint density at radius 3 is 1.78 bits per heavy atom. The van der Waals surface area contributed by atoms with Gasteiger partial charge in [-0.1, -0.05) is 139 Å². The molecule has 7 aromatic carbocycles. The summed E-state index contributed by atoms with van der Waals surface area (Å²) in [7, 11) is 0. The quantitative estimate of drug-likeness (QED) is 0.184. The molecule has 50 heavy (non-hydrogen) atoms. The van der Waals surface area contributed by atoms with E-state index in [-0.39, 0.29) is 63.1 Å². The molecule has 0 radical (unpaired) electrons. The Morgan fingerprint density at radius 2 is 1.02 bits per heavy atom. The number of hydrogen-bond donors (Lipinski definition) is 0. The Balaban J connectivity index is 1.16. The van der Waals surface area contributed by atoms with E-state index in [1.54, 1.807) is 0 Å². The van der Waals surface area contributed by atoms with Crippen LogP contribution in [0, 0.1) is 0 Å². The van der Waals surface area contributed by atoms with Gasteiger partial charge in [0.1, 0.15) is 0 Å². The zero-order valence-corrected chi connectivity index (χ0v) is 27.1. The number of aromatic nitrogens is 4. The number of rotatable bonds is 5. The number of nitrogens with zero attached hydrogens (tertiary/aromatic N) is 4. The summed E-state index contributed by atoms with van der Waals surface area (Å²) in [4.78, 5) is 14.6. The van der Waals surface area contributed by atoms with Crippen molar-refractivity contribution >= 4 is 53.3 Å². The van der Waals surface area contributed by atoms with Crippen molar-refractivity contribution in [3.8, 4) is 51.0 Å². The number of hydrogen-bond acceptors (Lipinski definition) is 4. The number of para-hydroxylation sites is 3. The van der Waals surface area contributed by atoms with Crippen LogP contribution >= 0.6 is 11.3 Å². The van der Waals surface area contributed by atoms with E-state index in [1.807, 2.05) is 66.7 Å². The molecule has 0 fully saturated rings. The van der Waals surface area contributed by atoms with Crippen molar-refractivity contribution in [2.75, 3.05) is 0 Å². The van der Waals surface area contributed by atoms with E-state index in [9.17, 15) is 0 Å². The molecule has 3 heterocycles. The van der Waals surface area contributed by atoms with Crippen LogP contribution in [0.5, 0.6) is 0 Å². The molecule has 0 saturated carbocycles. The maximum Gasteiger partial charge on any atom is 0.165 e. The summed E-state index contributed by atoms with van der Waals surface area (Å²) >= 11 is 1.05. The summed E-state index contributed by atoms with van der Waals surface area (Å²) in [5.74, 6) is 0.779. The fourth-order valence-electron chi connectivity index (χ4n) is 6.71. The van der Waals surface area contributed by atoms with E-state index in [1.165, 1.54) is 10.8 Å². The molecule has 0 spiro atoms. The summed E-state index contributed by atoms with van der Waals surface area (Å²) in [5.41, 5.74) is 6.86. The summed E-state index contributed by atoms with van der Waals surface area (Å²) in [5, 5.41) is 2.68. The fraction of sp³-hybridized carbons (Fsp3) is 0. The summed E-state index contributed by atoms with van der Waals surface area (Å²) < 4.78 is 63.6. The lowest BCUT2D eigenvalue weighted by Gasteiger charge is -2.14. The van der Waals surface area contributed by atoms with Gasteiger partial charge in [0.2, 0.25) is 0 Å². The van der Waals surface area contributed by atoms with Gasteiger partial charge in [-0.15, -0.1) is 11.3 Å². The minimum absolute atomic E-state index is 0.102. The Labute approximate surface area is 302 Å². The Morgan fingerprint density at radius 1 is 0.440 bits per heavy atom. The maximum absolute atomic E-state index is 9.10. The van der Waals surface area contributed by atoms with Gasteiger partial charge < -0.3 is 4.57 Å². The fourth-order valence-corrected chi connectivity index (χ4v) is 7.77. The van der Waals surface area contributed by atoms with E-state index >= 15 is 0 Å². The first-order chi connectivity index (χ1) is 27.7. The Hall–Kier alpha value is -6.43. The predicted molar refractivity (Wildman–Crippen MR) is 209 cm³/mol. The van der Waals surface area contributed by atoms with Crippen LogP contribution in [0.1, 0.15) is 9.60 Å². The first kappa shape index (κ1) is 22.3. The molecule has 0 unspecified atom stereocenters. The lowest BCUT2D eigenvalue weighted by atomic mass is 10.0. The zero-order chi connectivity index (χ0) is 39.1. The SMILES string of the molecule is [2H]c1c([2H])c([2H])c2c(sc3c(-c4nc(-c5ccccc5)nc(-c5ccc(-c6ccccc6-n6c7ccccc7c7ccccc76)cc5)n4)c([2H])c([2H])c([2H])c32)c1[2H]. The van der Waals surface area contributed by atoms with E-state index in [4.69, 9.17) is 24.5 Å². The summed E-state index contributed by atoms with van der Waals surface area (Å²) in [6.07, 6.45) is 0. The third-order valence-corrected chi connectivity index (χ3v) is 10.1. The van der Waals surface area contributed by atoms with Crippen molar-refractivity contribution in [1.29, 1.82) is 0 Å². The largest absolute Gasteiger partial charge is 0.309 e. The molecule has 0 aliphatic heterocycles. The molecular formula is C45H28N4S. The van der Waals surface area contributed by atoms with Crippen LogP contribution in [0.25, 0.3) is 93.0 Å². The van der Waals surface area contributed by atoms with Crippen LogP contribution in [0.2, 0.25) is 0 Å². The van der Waals surface area contributed by atoms with Crippen LogP contribution in [-0.4, -0.2) is 19.5 Å². The van der Waals surface area contributed by atoms with E-state index in [0.717, 1.165) is 39.2 Å². The molecule has 0 N–H and O–H groups in total. The van der Waals surface area contributed by atoms with Gasteiger partial charge in [-0.2, -0.15) is 0 Å². The molecule has 234 valence electrons. The molecule has 0 atom stereocenters. The number of benzene rings is 7. The monoisotopic (exact) mass is 663 g/mol. The summed E-state index contributed by atoms with van der Waals surface area (Å²) in [6, 6.07) is 40.2. The van der Waals surface area contributed by atoms with Gasteiger partial charge in [0.15, 0.2) is 17.5 Å². The number of thiophene rings is 1. The molecule has 0 bridgehead atoms. The Kier molecular flexibility index (Phi) is 5.17. The van der Waals surface area contributed by atoms with Gasteiger partial charge in [0, 0.05) is 53.2 Å². The van der Waals surface area contributed by atoms with E-state index in [2.05, 4.69) is 65.2 Å². The topological polar surface area (TPSA) is 43.6 Å². The first-order valence-electron chi connectivity index (χ1n) is 19.6. The highest BCUT2D eigenvalue weighted by atomic mass is 32.1. The highest BCUT2D eigenvalue weighted by molar-refractivity contribution is 7.26. The van der Waals surface area contributed by atoms with Crippen molar-refractivity contribution < 1.29 is 9.60 Å². The molecule has 10 aromatic rings. The molecule has 3 aromatic heterocycles. The minimum atomic E-state index is -0.426. The van der Waals surface area contributed by atoms with Gasteiger partial charge in [-0.05, 0) is 35.8 Å². The molecule has 0 aliphatic rings. The van der Waals surface area contributed by atoms with Crippen molar-refractivity contribution in [2.45, 2.75) is 0 Å². The molecule has 0 saturated heterocycles. The third-order valence-electron chi connectivity index (χ3n) is 9.01. The second-order valence-electron chi connectivity index (χ2n) is 11.9. The normalized spacial score (nSPS) is 13.6. The van der Waals surface area contributed by atoms with Crippen molar-refractivity contribution in [3.63, 3.8) is 0 Å². The van der Waals surface area contributed by atoms with Crippen LogP contribution in [0.4, 0.5) is 0 Å². The third kappa shape index (κ3) is 4.63. The molecule has 0 aliphatic carbocycles. The molecule has 4 nitrogen and oxygen atoms in total. The van der Waals surface area contributed by atoms with Crippen LogP contribution in [0.15, 0.2) is 170 Å². The first-order valence-corrected chi connectivity index (χ1v) is 17.0. The molecule has 5 heteroatoms. The molecule has 0 amide bonds. The minimum Gasteiger partial charge on any atom is -0.309 e. The van der Waals surface area contributed by atoms with Gasteiger partial charge in [0.05, 0.1) is 26.3 Å². The Bertz CT molecular complexity index is 3220. The van der Waals surface area contributed by atoms with Crippen LogP contribution in [-0.2, 0) is 0 Å². The van der Waals surface area contributed by atoms with Crippen LogP contribution < -0.4 is 0 Å². The number of fused-ring (bicyclic) bond motifs is 6. The molecule has 10 rings (SSSR count). The maximum atomic E-state index is 9.10. The second kappa shape index (κ2) is 11.6. The highest BCUT2D eigenvalue weighted by Gasteiger charge is 2.18. The molecular weight excluding hydrogens is 629 g/mol. The van der Waals surface area contributed by atoms with Crippen molar-refractivity contribution in [3.05, 3.63) is 170 Å². The van der Waals surface area contributed by atoms with Gasteiger partial charge in [0.25, 0.3) is 0 Å². The second-order valence-corrected chi connectivity index (χ2v) is 12.9. The smallest absolute Gasteiger partial charge is 0.165 e. The average Bonchev–Trinajstić information content (AvgIpc) is 3.81. The predicted octanol–water partition coefficient (Wildman–Crippen LogP) is 12.0. The lowest BCUT2D eigenvalue weighted by molar-refractivity contribution is 1.08. The average molecular weight is 664 g/mol. The van der Waals surface area contributed by atoms with Gasteiger partial charge in [-0.3, -0.25) is 0 Å². The zero-order valence-electron chi connectivity index (χ0n) is 33.3. The lowest BCUT2D eigenvalue weighted by Crippen LogP contribution is -2.00.